The minimum absolute atomic E-state index is 0.229. The number of hydrogen-bond acceptors (Lipinski definition) is 3. The van der Waals surface area contributed by atoms with Gasteiger partial charge in [-0.15, -0.1) is 0 Å². The fourth-order valence-corrected chi connectivity index (χ4v) is 1.38. The van der Waals surface area contributed by atoms with Crippen LogP contribution in [0.15, 0.2) is 23.5 Å². The van der Waals surface area contributed by atoms with E-state index in [9.17, 15) is 14.7 Å². The molecule has 0 saturated heterocycles. The molecule has 3 heteroatoms. The van der Waals surface area contributed by atoms with Gasteiger partial charge in [-0.3, -0.25) is 9.59 Å². The van der Waals surface area contributed by atoms with Crippen LogP contribution in [-0.2, 0) is 9.59 Å². The van der Waals surface area contributed by atoms with E-state index in [1.54, 1.807) is 0 Å². The highest BCUT2D eigenvalue weighted by Crippen LogP contribution is 2.34. The Hall–Kier alpha value is -1.38. The summed E-state index contributed by atoms with van der Waals surface area (Å²) in [6.45, 7) is 5.59. The van der Waals surface area contributed by atoms with E-state index in [0.29, 0.717) is 6.42 Å². The summed E-state index contributed by atoms with van der Waals surface area (Å²) >= 11 is 0. The highest BCUT2D eigenvalue weighted by Gasteiger charge is 2.33. The molecule has 3 nitrogen and oxygen atoms in total. The van der Waals surface area contributed by atoms with Gasteiger partial charge in [0.25, 0.3) is 0 Å². The third-order valence-electron chi connectivity index (χ3n) is 2.66. The molecule has 0 aromatic heterocycles. The van der Waals surface area contributed by atoms with Crippen LogP contribution < -0.4 is 0 Å². The zero-order chi connectivity index (χ0) is 10.9. The van der Waals surface area contributed by atoms with Crippen LogP contribution in [0.25, 0.3) is 0 Å². The lowest BCUT2D eigenvalue weighted by Crippen LogP contribution is -2.26. The first-order valence-corrected chi connectivity index (χ1v) is 4.60. The maximum absolute atomic E-state index is 11.5. The Kier molecular flexibility index (Phi) is 2.60. The van der Waals surface area contributed by atoms with Gasteiger partial charge < -0.3 is 5.11 Å². The number of carbonyl (C=O) groups excluding carboxylic acids is 2. The molecule has 0 atom stereocenters. The van der Waals surface area contributed by atoms with Gasteiger partial charge in [0.05, 0.1) is 5.57 Å². The number of carbonyl (C=O) groups is 2. The van der Waals surface area contributed by atoms with Crippen LogP contribution in [-0.4, -0.2) is 16.7 Å². The van der Waals surface area contributed by atoms with Crippen LogP contribution in [0, 0.1) is 5.41 Å². The van der Waals surface area contributed by atoms with Gasteiger partial charge in [-0.05, 0) is 24.0 Å². The molecule has 1 aliphatic carbocycles. The largest absolute Gasteiger partial charge is 0.504 e. The number of rotatable bonds is 2. The first kappa shape index (κ1) is 10.7. The molecule has 0 saturated carbocycles. The second kappa shape index (κ2) is 3.40. The van der Waals surface area contributed by atoms with Crippen LogP contribution in [0.1, 0.15) is 27.2 Å². The molecule has 0 bridgehead atoms. The smallest absolute Gasteiger partial charge is 0.220 e. The Morgan fingerprint density at radius 3 is 2.21 bits per heavy atom. The van der Waals surface area contributed by atoms with Gasteiger partial charge in [0.2, 0.25) is 5.78 Å². The standard InChI is InChI=1S/C11H14O3/c1-4-11(2,3)9-7(12)5-6-8(13)10(9)14/h5-6,14H,4H2,1-3H3. The fourth-order valence-electron chi connectivity index (χ4n) is 1.38. The van der Waals surface area contributed by atoms with Gasteiger partial charge in [-0.1, -0.05) is 20.8 Å². The number of allylic oxidation sites excluding steroid dienone is 3. The molecule has 0 aromatic carbocycles. The lowest BCUT2D eigenvalue weighted by Gasteiger charge is -2.26. The third kappa shape index (κ3) is 1.62. The molecule has 0 heterocycles. The van der Waals surface area contributed by atoms with Crippen molar-refractivity contribution >= 4 is 11.6 Å². The number of aliphatic hydroxyl groups excluding tert-OH is 1. The average Bonchev–Trinajstić information content (AvgIpc) is 2.12. The van der Waals surface area contributed by atoms with E-state index in [0.717, 1.165) is 6.08 Å². The molecule has 0 aliphatic heterocycles. The predicted octanol–water partition coefficient (Wildman–Crippen LogP) is 1.94. The Balaban J connectivity index is 3.24. The van der Waals surface area contributed by atoms with Gasteiger partial charge in [0, 0.05) is 0 Å². The average molecular weight is 194 g/mol. The maximum Gasteiger partial charge on any atom is 0.220 e. The van der Waals surface area contributed by atoms with Crippen molar-refractivity contribution in [3.05, 3.63) is 23.5 Å². The molecular weight excluding hydrogens is 180 g/mol. The molecule has 0 unspecified atom stereocenters. The molecule has 0 fully saturated rings. The predicted molar refractivity (Wildman–Crippen MR) is 52.9 cm³/mol. The topological polar surface area (TPSA) is 54.4 Å². The van der Waals surface area contributed by atoms with Crippen molar-refractivity contribution in [3.8, 4) is 0 Å². The molecule has 14 heavy (non-hydrogen) atoms. The summed E-state index contributed by atoms with van der Waals surface area (Å²) in [5, 5.41) is 9.53. The van der Waals surface area contributed by atoms with E-state index >= 15 is 0 Å². The van der Waals surface area contributed by atoms with Crippen molar-refractivity contribution in [2.24, 2.45) is 5.41 Å². The number of hydrogen-bond donors (Lipinski definition) is 1. The Morgan fingerprint density at radius 1 is 1.21 bits per heavy atom. The molecule has 1 rings (SSSR count). The van der Waals surface area contributed by atoms with Crippen molar-refractivity contribution in [1.82, 2.24) is 0 Å². The van der Waals surface area contributed by atoms with Crippen molar-refractivity contribution in [2.75, 3.05) is 0 Å². The Bertz CT molecular complexity index is 346. The SMILES string of the molecule is CCC(C)(C)C1=C(O)C(=O)C=CC1=O. The van der Waals surface area contributed by atoms with Crippen LogP contribution in [0.3, 0.4) is 0 Å². The zero-order valence-electron chi connectivity index (χ0n) is 8.63. The quantitative estimate of drug-likeness (QED) is 0.683. The first-order valence-electron chi connectivity index (χ1n) is 4.60. The minimum atomic E-state index is -0.485. The Morgan fingerprint density at radius 2 is 1.71 bits per heavy atom. The molecule has 76 valence electrons. The van der Waals surface area contributed by atoms with Gasteiger partial charge in [0.15, 0.2) is 11.5 Å². The molecule has 0 radical (unpaired) electrons. The van der Waals surface area contributed by atoms with Crippen molar-refractivity contribution in [1.29, 1.82) is 0 Å². The molecule has 1 aliphatic rings. The van der Waals surface area contributed by atoms with E-state index < -0.39 is 17.0 Å². The third-order valence-corrected chi connectivity index (χ3v) is 2.66. The summed E-state index contributed by atoms with van der Waals surface area (Å²) in [6, 6.07) is 0. The zero-order valence-corrected chi connectivity index (χ0v) is 8.63. The second-order valence-electron chi connectivity index (χ2n) is 4.02. The van der Waals surface area contributed by atoms with E-state index in [1.807, 2.05) is 20.8 Å². The van der Waals surface area contributed by atoms with Crippen LogP contribution in [0.4, 0.5) is 0 Å². The lowest BCUT2D eigenvalue weighted by atomic mass is 9.77. The lowest BCUT2D eigenvalue weighted by molar-refractivity contribution is -0.117. The molecule has 1 N–H and O–H groups in total. The second-order valence-corrected chi connectivity index (χ2v) is 4.02. The number of aliphatic hydroxyl groups is 1. The molecule has 0 aromatic rings. The maximum atomic E-state index is 11.5. The normalized spacial score (nSPS) is 17.9. The Labute approximate surface area is 83.1 Å². The molecular formula is C11H14O3. The summed E-state index contributed by atoms with van der Waals surface area (Å²) in [6.07, 6.45) is 3.01. The van der Waals surface area contributed by atoms with Gasteiger partial charge in [-0.25, -0.2) is 0 Å². The van der Waals surface area contributed by atoms with Gasteiger partial charge >= 0.3 is 0 Å². The van der Waals surface area contributed by atoms with Crippen molar-refractivity contribution in [3.63, 3.8) is 0 Å². The van der Waals surface area contributed by atoms with Gasteiger partial charge in [0.1, 0.15) is 0 Å². The summed E-state index contributed by atoms with van der Waals surface area (Å²) in [4.78, 5) is 22.7. The summed E-state index contributed by atoms with van der Waals surface area (Å²) in [5.74, 6) is -1.15. The van der Waals surface area contributed by atoms with E-state index in [-0.39, 0.29) is 11.4 Å². The molecule has 0 amide bonds. The highest BCUT2D eigenvalue weighted by atomic mass is 16.3. The first-order chi connectivity index (χ1) is 6.40. The summed E-state index contributed by atoms with van der Waals surface area (Å²) < 4.78 is 0. The number of ketones is 2. The van der Waals surface area contributed by atoms with E-state index in [4.69, 9.17) is 0 Å². The molecule has 0 spiro atoms. The summed E-state index contributed by atoms with van der Waals surface area (Å²) in [7, 11) is 0. The van der Waals surface area contributed by atoms with E-state index in [2.05, 4.69) is 0 Å². The monoisotopic (exact) mass is 194 g/mol. The van der Waals surface area contributed by atoms with Crippen molar-refractivity contribution in [2.45, 2.75) is 27.2 Å². The summed E-state index contributed by atoms with van der Waals surface area (Å²) in [5.41, 5.74) is -0.228. The van der Waals surface area contributed by atoms with Gasteiger partial charge in [-0.2, -0.15) is 0 Å². The minimum Gasteiger partial charge on any atom is -0.504 e. The van der Waals surface area contributed by atoms with Crippen LogP contribution in [0.2, 0.25) is 0 Å². The van der Waals surface area contributed by atoms with Crippen molar-refractivity contribution < 1.29 is 14.7 Å². The van der Waals surface area contributed by atoms with Crippen LogP contribution >= 0.6 is 0 Å². The van der Waals surface area contributed by atoms with E-state index in [1.165, 1.54) is 6.08 Å². The van der Waals surface area contributed by atoms with Crippen LogP contribution in [0.5, 0.6) is 0 Å². The fraction of sp³-hybridized carbons (Fsp3) is 0.455. The highest BCUT2D eigenvalue weighted by molar-refractivity contribution is 6.19.